The summed E-state index contributed by atoms with van der Waals surface area (Å²) in [4.78, 5) is 21.6. The van der Waals surface area contributed by atoms with Crippen LogP contribution in [0, 0.1) is 11.3 Å². The SMILES string of the molecule is N#Cc1cnc(N2CC(=O)Nc3ccccc32)cn1. The van der Waals surface area contributed by atoms with Gasteiger partial charge in [0.1, 0.15) is 12.6 Å². The highest BCUT2D eigenvalue weighted by Gasteiger charge is 2.23. The van der Waals surface area contributed by atoms with E-state index in [0.29, 0.717) is 5.82 Å². The zero-order valence-electron chi connectivity index (χ0n) is 9.87. The second-order valence-corrected chi connectivity index (χ2v) is 4.02. The lowest BCUT2D eigenvalue weighted by molar-refractivity contribution is -0.115. The third kappa shape index (κ3) is 1.98. The maximum Gasteiger partial charge on any atom is 0.244 e. The van der Waals surface area contributed by atoms with Crippen molar-refractivity contribution >= 4 is 23.1 Å². The molecule has 2 aromatic rings. The third-order valence-electron chi connectivity index (χ3n) is 2.80. The van der Waals surface area contributed by atoms with E-state index >= 15 is 0 Å². The van der Waals surface area contributed by atoms with Gasteiger partial charge in [-0.15, -0.1) is 0 Å². The first-order valence-electron chi connectivity index (χ1n) is 5.66. The molecule has 1 aromatic heterocycles. The molecule has 0 saturated heterocycles. The lowest BCUT2D eigenvalue weighted by Crippen LogP contribution is -2.35. The van der Waals surface area contributed by atoms with Gasteiger partial charge in [-0.3, -0.25) is 4.79 Å². The predicted molar refractivity (Wildman–Crippen MR) is 68.8 cm³/mol. The number of para-hydroxylation sites is 2. The fraction of sp³-hybridized carbons (Fsp3) is 0.0769. The lowest BCUT2D eigenvalue weighted by Gasteiger charge is -2.29. The van der Waals surface area contributed by atoms with Crippen molar-refractivity contribution in [1.82, 2.24) is 9.97 Å². The zero-order chi connectivity index (χ0) is 13.2. The van der Waals surface area contributed by atoms with Crippen molar-refractivity contribution in [2.24, 2.45) is 0 Å². The second kappa shape index (κ2) is 4.38. The number of carbonyl (C=O) groups excluding carboxylic acids is 1. The van der Waals surface area contributed by atoms with E-state index in [4.69, 9.17) is 5.26 Å². The molecule has 0 fully saturated rings. The highest BCUT2D eigenvalue weighted by atomic mass is 16.2. The van der Waals surface area contributed by atoms with Gasteiger partial charge in [-0.25, -0.2) is 9.97 Å². The van der Waals surface area contributed by atoms with Gasteiger partial charge in [0, 0.05) is 0 Å². The van der Waals surface area contributed by atoms with Crippen molar-refractivity contribution < 1.29 is 4.79 Å². The molecular weight excluding hydrogens is 242 g/mol. The van der Waals surface area contributed by atoms with Crippen molar-refractivity contribution in [2.45, 2.75) is 0 Å². The van der Waals surface area contributed by atoms with Gasteiger partial charge >= 0.3 is 0 Å². The van der Waals surface area contributed by atoms with Gasteiger partial charge < -0.3 is 10.2 Å². The number of hydrogen-bond donors (Lipinski definition) is 1. The molecule has 1 aliphatic heterocycles. The Morgan fingerprint density at radius 1 is 1.26 bits per heavy atom. The van der Waals surface area contributed by atoms with Crippen LogP contribution in [0.15, 0.2) is 36.7 Å². The highest BCUT2D eigenvalue weighted by molar-refractivity contribution is 6.02. The van der Waals surface area contributed by atoms with Gasteiger partial charge in [-0.2, -0.15) is 5.26 Å². The minimum Gasteiger partial charge on any atom is -0.323 e. The first-order chi connectivity index (χ1) is 9.28. The average Bonchev–Trinajstić information content (AvgIpc) is 2.46. The Kier molecular flexibility index (Phi) is 2.58. The van der Waals surface area contributed by atoms with Crippen molar-refractivity contribution in [3.8, 4) is 6.07 Å². The molecule has 6 nitrogen and oxygen atoms in total. The van der Waals surface area contributed by atoms with Crippen molar-refractivity contribution in [3.05, 3.63) is 42.4 Å². The summed E-state index contributed by atoms with van der Waals surface area (Å²) in [6.45, 7) is 0.178. The smallest absolute Gasteiger partial charge is 0.244 e. The number of nitriles is 1. The number of hydrogen-bond acceptors (Lipinski definition) is 5. The largest absolute Gasteiger partial charge is 0.323 e. The van der Waals surface area contributed by atoms with E-state index in [2.05, 4.69) is 15.3 Å². The van der Waals surface area contributed by atoms with Crippen LogP contribution in [0.4, 0.5) is 17.2 Å². The van der Waals surface area contributed by atoms with Crippen LogP contribution in [0.5, 0.6) is 0 Å². The molecule has 0 radical (unpaired) electrons. The van der Waals surface area contributed by atoms with Crippen molar-refractivity contribution in [2.75, 3.05) is 16.8 Å². The van der Waals surface area contributed by atoms with Gasteiger partial charge in [-0.05, 0) is 12.1 Å². The molecule has 19 heavy (non-hydrogen) atoms. The number of fused-ring (bicyclic) bond motifs is 1. The van der Waals surface area contributed by atoms with Gasteiger partial charge in [0.15, 0.2) is 11.5 Å². The fourth-order valence-corrected chi connectivity index (χ4v) is 1.96. The normalized spacial score (nSPS) is 13.4. The van der Waals surface area contributed by atoms with E-state index < -0.39 is 0 Å². The summed E-state index contributed by atoms with van der Waals surface area (Å²) >= 11 is 0. The van der Waals surface area contributed by atoms with E-state index in [9.17, 15) is 4.79 Å². The standard InChI is InChI=1S/C13H9N5O/c14-5-9-6-16-12(7-15-9)18-8-13(19)17-10-3-1-2-4-11(10)18/h1-4,6-7H,8H2,(H,17,19). The molecule has 0 aliphatic carbocycles. The predicted octanol–water partition coefficient (Wildman–Crippen LogP) is 1.44. The Balaban J connectivity index is 2.05. The van der Waals surface area contributed by atoms with Crippen LogP contribution in [0.2, 0.25) is 0 Å². The number of anilines is 3. The Hall–Kier alpha value is -2.94. The van der Waals surface area contributed by atoms with Crippen LogP contribution in [0.25, 0.3) is 0 Å². The molecule has 92 valence electrons. The molecule has 0 bridgehead atoms. The fourth-order valence-electron chi connectivity index (χ4n) is 1.96. The number of benzene rings is 1. The topological polar surface area (TPSA) is 81.9 Å². The molecule has 2 heterocycles. The Morgan fingerprint density at radius 2 is 2.11 bits per heavy atom. The quantitative estimate of drug-likeness (QED) is 0.829. The third-order valence-corrected chi connectivity index (χ3v) is 2.80. The maximum absolute atomic E-state index is 11.7. The van der Waals surface area contributed by atoms with Gasteiger partial charge in [0.05, 0.1) is 23.8 Å². The van der Waals surface area contributed by atoms with Crippen LogP contribution >= 0.6 is 0 Å². The molecule has 0 unspecified atom stereocenters. The van der Waals surface area contributed by atoms with E-state index in [1.807, 2.05) is 30.3 Å². The van der Waals surface area contributed by atoms with Crippen LogP contribution in [0.3, 0.4) is 0 Å². The van der Waals surface area contributed by atoms with Crippen LogP contribution in [-0.4, -0.2) is 22.4 Å². The summed E-state index contributed by atoms with van der Waals surface area (Å²) in [5.41, 5.74) is 1.85. The molecular formula is C13H9N5O. The van der Waals surface area contributed by atoms with E-state index in [-0.39, 0.29) is 18.1 Å². The van der Waals surface area contributed by atoms with Crippen molar-refractivity contribution in [1.29, 1.82) is 5.26 Å². The maximum atomic E-state index is 11.7. The molecule has 0 atom stereocenters. The summed E-state index contributed by atoms with van der Waals surface area (Å²) in [5.74, 6) is 0.436. The molecule has 1 N–H and O–H groups in total. The minimum atomic E-state index is -0.107. The van der Waals surface area contributed by atoms with E-state index in [1.165, 1.54) is 12.4 Å². The van der Waals surface area contributed by atoms with E-state index in [1.54, 1.807) is 4.90 Å². The molecule has 6 heteroatoms. The number of aromatic nitrogens is 2. The Bertz CT molecular complexity index is 674. The van der Waals surface area contributed by atoms with Crippen LogP contribution in [-0.2, 0) is 4.79 Å². The van der Waals surface area contributed by atoms with Crippen LogP contribution < -0.4 is 10.2 Å². The number of nitrogens with zero attached hydrogens (tertiary/aromatic N) is 4. The number of amides is 1. The minimum absolute atomic E-state index is 0.107. The Labute approximate surface area is 109 Å². The summed E-state index contributed by atoms with van der Waals surface area (Å²) < 4.78 is 0. The summed E-state index contributed by atoms with van der Waals surface area (Å²) in [6.07, 6.45) is 2.89. The molecule has 0 spiro atoms. The van der Waals surface area contributed by atoms with Crippen LogP contribution in [0.1, 0.15) is 5.69 Å². The lowest BCUT2D eigenvalue weighted by atomic mass is 10.2. The number of carbonyl (C=O) groups is 1. The second-order valence-electron chi connectivity index (χ2n) is 4.02. The summed E-state index contributed by atoms with van der Waals surface area (Å²) in [6, 6.07) is 9.38. The van der Waals surface area contributed by atoms with Crippen molar-refractivity contribution in [3.63, 3.8) is 0 Å². The first kappa shape index (κ1) is 11.2. The first-order valence-corrected chi connectivity index (χ1v) is 5.66. The average molecular weight is 251 g/mol. The number of rotatable bonds is 1. The molecule has 1 aliphatic rings. The Morgan fingerprint density at radius 3 is 2.84 bits per heavy atom. The number of nitrogens with one attached hydrogen (secondary N) is 1. The van der Waals surface area contributed by atoms with Gasteiger partial charge in [0.2, 0.25) is 5.91 Å². The highest BCUT2D eigenvalue weighted by Crippen LogP contribution is 2.33. The van der Waals surface area contributed by atoms with E-state index in [0.717, 1.165) is 11.4 Å². The summed E-state index contributed by atoms with van der Waals surface area (Å²) in [5, 5.41) is 11.5. The van der Waals surface area contributed by atoms with Gasteiger partial charge in [-0.1, -0.05) is 12.1 Å². The molecule has 1 amide bonds. The molecule has 0 saturated carbocycles. The molecule has 3 rings (SSSR count). The van der Waals surface area contributed by atoms with Gasteiger partial charge in [0.25, 0.3) is 0 Å². The zero-order valence-corrected chi connectivity index (χ0v) is 9.87. The summed E-state index contributed by atoms with van der Waals surface area (Å²) in [7, 11) is 0. The molecule has 1 aromatic carbocycles. The monoisotopic (exact) mass is 251 g/mol.